The van der Waals surface area contributed by atoms with Gasteiger partial charge in [-0.25, -0.2) is 0 Å². The third-order valence-corrected chi connectivity index (χ3v) is 2.83. The molecule has 1 heterocycles. The number of rotatable bonds is 4. The molecule has 0 radical (unpaired) electrons. The standard InChI is InChI=1S/C14H14N2O2/c15-12-3-1-11(2-4-12)13(14(17)18)9-10-5-7-16-8-6-10/h1-8,13H,9,15H2,(H,17,18)/t13-/m1/s1. The number of carbonyl (C=O) groups is 1. The van der Waals surface area contributed by atoms with Gasteiger partial charge in [-0.2, -0.15) is 0 Å². The Kier molecular flexibility index (Phi) is 3.57. The number of nitrogens with zero attached hydrogens (tertiary/aromatic N) is 1. The smallest absolute Gasteiger partial charge is 0.311 e. The summed E-state index contributed by atoms with van der Waals surface area (Å²) in [6.07, 6.45) is 3.77. The molecule has 0 fully saturated rings. The average Bonchev–Trinajstić information content (AvgIpc) is 2.38. The molecule has 92 valence electrons. The number of hydrogen-bond donors (Lipinski definition) is 2. The molecule has 0 unspecified atom stereocenters. The van der Waals surface area contributed by atoms with Gasteiger partial charge in [-0.15, -0.1) is 0 Å². The minimum Gasteiger partial charge on any atom is -0.481 e. The molecule has 0 spiro atoms. The normalized spacial score (nSPS) is 12.0. The number of aromatic nitrogens is 1. The number of pyridine rings is 1. The molecule has 3 N–H and O–H groups in total. The fourth-order valence-electron chi connectivity index (χ4n) is 1.83. The summed E-state index contributed by atoms with van der Waals surface area (Å²) in [4.78, 5) is 15.3. The van der Waals surface area contributed by atoms with Crippen LogP contribution in [0.4, 0.5) is 5.69 Å². The van der Waals surface area contributed by atoms with Gasteiger partial charge in [0.2, 0.25) is 0 Å². The number of nitrogens with two attached hydrogens (primary N) is 1. The van der Waals surface area contributed by atoms with Crippen molar-refractivity contribution >= 4 is 11.7 Å². The van der Waals surface area contributed by atoms with E-state index in [1.165, 1.54) is 0 Å². The van der Waals surface area contributed by atoms with Crippen LogP contribution in [-0.4, -0.2) is 16.1 Å². The third-order valence-electron chi connectivity index (χ3n) is 2.83. The summed E-state index contributed by atoms with van der Waals surface area (Å²) in [6.45, 7) is 0. The van der Waals surface area contributed by atoms with Crippen LogP contribution in [0.15, 0.2) is 48.8 Å². The molecule has 0 aliphatic rings. The lowest BCUT2D eigenvalue weighted by atomic mass is 9.92. The van der Waals surface area contributed by atoms with Crippen molar-refractivity contribution in [2.45, 2.75) is 12.3 Å². The molecule has 0 aliphatic heterocycles. The number of anilines is 1. The van der Waals surface area contributed by atoms with Crippen LogP contribution in [0.3, 0.4) is 0 Å². The highest BCUT2D eigenvalue weighted by Gasteiger charge is 2.20. The zero-order valence-corrected chi connectivity index (χ0v) is 9.78. The number of benzene rings is 1. The van der Waals surface area contributed by atoms with Gasteiger partial charge in [0.05, 0.1) is 5.92 Å². The first-order valence-corrected chi connectivity index (χ1v) is 5.64. The van der Waals surface area contributed by atoms with Gasteiger partial charge in [0.25, 0.3) is 0 Å². The van der Waals surface area contributed by atoms with E-state index in [1.807, 2.05) is 12.1 Å². The van der Waals surface area contributed by atoms with Crippen molar-refractivity contribution in [2.24, 2.45) is 0 Å². The predicted molar refractivity (Wildman–Crippen MR) is 69.2 cm³/mol. The van der Waals surface area contributed by atoms with Crippen molar-refractivity contribution < 1.29 is 9.90 Å². The molecule has 2 aromatic rings. The van der Waals surface area contributed by atoms with E-state index >= 15 is 0 Å². The van der Waals surface area contributed by atoms with E-state index in [0.29, 0.717) is 12.1 Å². The van der Waals surface area contributed by atoms with Crippen LogP contribution in [0, 0.1) is 0 Å². The van der Waals surface area contributed by atoms with E-state index in [2.05, 4.69) is 4.98 Å². The van der Waals surface area contributed by atoms with E-state index in [1.54, 1.807) is 36.7 Å². The molecule has 4 heteroatoms. The first-order chi connectivity index (χ1) is 8.66. The largest absolute Gasteiger partial charge is 0.481 e. The second-order valence-electron chi connectivity index (χ2n) is 4.12. The van der Waals surface area contributed by atoms with Crippen LogP contribution in [-0.2, 0) is 11.2 Å². The summed E-state index contributed by atoms with van der Waals surface area (Å²) in [5.74, 6) is -1.40. The molecule has 4 nitrogen and oxygen atoms in total. The van der Waals surface area contributed by atoms with Crippen LogP contribution in [0.25, 0.3) is 0 Å². The maximum atomic E-state index is 11.3. The first-order valence-electron chi connectivity index (χ1n) is 5.64. The number of carboxylic acid groups (broad SMARTS) is 1. The molecule has 2 rings (SSSR count). The molecule has 0 amide bonds. The Bertz CT molecular complexity index is 523. The Morgan fingerprint density at radius 1 is 1.17 bits per heavy atom. The van der Waals surface area contributed by atoms with E-state index in [0.717, 1.165) is 11.1 Å². The Labute approximate surface area is 105 Å². The maximum absolute atomic E-state index is 11.3. The number of nitrogen functional groups attached to an aromatic ring is 1. The molecule has 1 atom stereocenters. The van der Waals surface area contributed by atoms with Crippen LogP contribution < -0.4 is 5.73 Å². The van der Waals surface area contributed by atoms with Crippen LogP contribution in [0.1, 0.15) is 17.0 Å². The van der Waals surface area contributed by atoms with E-state index in [9.17, 15) is 9.90 Å². The van der Waals surface area contributed by atoms with Crippen LogP contribution in [0.2, 0.25) is 0 Å². The van der Waals surface area contributed by atoms with Gasteiger partial charge in [0.1, 0.15) is 0 Å². The van der Waals surface area contributed by atoms with Crippen LogP contribution in [0.5, 0.6) is 0 Å². The van der Waals surface area contributed by atoms with Crippen molar-refractivity contribution in [3.05, 3.63) is 59.9 Å². The summed E-state index contributed by atoms with van der Waals surface area (Å²) < 4.78 is 0. The fourth-order valence-corrected chi connectivity index (χ4v) is 1.83. The van der Waals surface area contributed by atoms with Gasteiger partial charge in [-0.3, -0.25) is 9.78 Å². The molecule has 0 saturated carbocycles. The summed E-state index contributed by atoms with van der Waals surface area (Å²) >= 11 is 0. The van der Waals surface area contributed by atoms with Gasteiger partial charge in [0, 0.05) is 18.1 Å². The Hall–Kier alpha value is -2.36. The van der Waals surface area contributed by atoms with Gasteiger partial charge in [0.15, 0.2) is 0 Å². The summed E-state index contributed by atoms with van der Waals surface area (Å²) in [7, 11) is 0. The second-order valence-corrected chi connectivity index (χ2v) is 4.12. The quantitative estimate of drug-likeness (QED) is 0.805. The Morgan fingerprint density at radius 2 is 1.78 bits per heavy atom. The van der Waals surface area contributed by atoms with Gasteiger partial charge >= 0.3 is 5.97 Å². The zero-order valence-electron chi connectivity index (χ0n) is 9.78. The zero-order chi connectivity index (χ0) is 13.0. The monoisotopic (exact) mass is 242 g/mol. The molecule has 0 saturated heterocycles. The lowest BCUT2D eigenvalue weighted by Gasteiger charge is -2.13. The molecular weight excluding hydrogens is 228 g/mol. The lowest BCUT2D eigenvalue weighted by molar-refractivity contribution is -0.138. The topological polar surface area (TPSA) is 76.2 Å². The molecular formula is C14H14N2O2. The van der Waals surface area contributed by atoms with Gasteiger partial charge in [-0.1, -0.05) is 12.1 Å². The number of aliphatic carboxylic acids is 1. The maximum Gasteiger partial charge on any atom is 0.311 e. The lowest BCUT2D eigenvalue weighted by Crippen LogP contribution is -2.14. The van der Waals surface area contributed by atoms with Gasteiger partial charge < -0.3 is 10.8 Å². The highest BCUT2D eigenvalue weighted by atomic mass is 16.4. The van der Waals surface area contributed by atoms with Crippen molar-refractivity contribution in [2.75, 3.05) is 5.73 Å². The summed E-state index contributed by atoms with van der Waals surface area (Å²) in [6, 6.07) is 10.6. The number of carboxylic acids is 1. The third kappa shape index (κ3) is 2.85. The summed E-state index contributed by atoms with van der Waals surface area (Å²) in [5.41, 5.74) is 7.94. The van der Waals surface area contributed by atoms with E-state index in [4.69, 9.17) is 5.73 Å². The van der Waals surface area contributed by atoms with Crippen molar-refractivity contribution in [3.63, 3.8) is 0 Å². The highest BCUT2D eigenvalue weighted by molar-refractivity contribution is 5.76. The molecule has 18 heavy (non-hydrogen) atoms. The molecule has 1 aromatic heterocycles. The SMILES string of the molecule is Nc1ccc([C@@H](Cc2ccncc2)C(=O)O)cc1. The van der Waals surface area contributed by atoms with E-state index in [-0.39, 0.29) is 0 Å². The predicted octanol–water partition coefficient (Wildman–Crippen LogP) is 2.07. The molecule has 0 bridgehead atoms. The van der Waals surface area contributed by atoms with Crippen molar-refractivity contribution in [3.8, 4) is 0 Å². The van der Waals surface area contributed by atoms with Gasteiger partial charge in [-0.05, 0) is 41.8 Å². The van der Waals surface area contributed by atoms with Crippen molar-refractivity contribution in [1.82, 2.24) is 4.98 Å². The average molecular weight is 242 g/mol. The number of hydrogen-bond acceptors (Lipinski definition) is 3. The first kappa shape index (κ1) is 12.1. The molecule has 0 aliphatic carbocycles. The Morgan fingerprint density at radius 3 is 2.33 bits per heavy atom. The summed E-state index contributed by atoms with van der Waals surface area (Å²) in [5, 5.41) is 9.31. The Balaban J connectivity index is 2.24. The minimum atomic E-state index is -0.836. The fraction of sp³-hybridized carbons (Fsp3) is 0.143. The molecule has 1 aromatic carbocycles. The van der Waals surface area contributed by atoms with E-state index < -0.39 is 11.9 Å². The van der Waals surface area contributed by atoms with Crippen molar-refractivity contribution in [1.29, 1.82) is 0 Å². The second kappa shape index (κ2) is 5.31. The highest BCUT2D eigenvalue weighted by Crippen LogP contribution is 2.22. The van der Waals surface area contributed by atoms with Crippen LogP contribution >= 0.6 is 0 Å². The minimum absolute atomic E-state index is 0.446.